The Bertz CT molecular complexity index is 1200. The van der Waals surface area contributed by atoms with Crippen LogP contribution in [0.25, 0.3) is 0 Å². The number of hydrogen-bond donors (Lipinski definition) is 1. The van der Waals surface area contributed by atoms with E-state index in [9.17, 15) is 10.0 Å². The minimum absolute atomic E-state index is 0.0345. The van der Waals surface area contributed by atoms with Crippen LogP contribution in [0.5, 0.6) is 0 Å². The molecule has 2 aliphatic rings. The van der Waals surface area contributed by atoms with E-state index in [0.29, 0.717) is 13.1 Å². The molecule has 0 spiro atoms. The van der Waals surface area contributed by atoms with E-state index >= 15 is 0 Å². The van der Waals surface area contributed by atoms with Gasteiger partial charge < -0.3 is 4.90 Å². The molecule has 1 aliphatic carbocycles. The second-order valence-electron chi connectivity index (χ2n) is 9.86. The van der Waals surface area contributed by atoms with E-state index in [-0.39, 0.29) is 11.9 Å². The van der Waals surface area contributed by atoms with Crippen molar-refractivity contribution in [1.82, 2.24) is 14.8 Å². The lowest BCUT2D eigenvalue weighted by molar-refractivity contribution is -0.904. The second kappa shape index (κ2) is 9.52. The van der Waals surface area contributed by atoms with Crippen molar-refractivity contribution in [2.75, 3.05) is 26.2 Å². The van der Waals surface area contributed by atoms with Crippen molar-refractivity contribution in [3.8, 4) is 0 Å². The molecule has 1 saturated heterocycles. The average Bonchev–Trinajstić information content (AvgIpc) is 3.00. The average molecular weight is 557 g/mol. The number of aryl methyl sites for hydroxylation is 2. The number of benzene rings is 1. The fraction of sp³-hybridized carbons (Fsp3) is 0.370. The van der Waals surface area contributed by atoms with Crippen molar-refractivity contribution in [2.24, 2.45) is 0 Å². The molecular weight excluding hydrogens is 528 g/mol. The van der Waals surface area contributed by atoms with Crippen molar-refractivity contribution in [3.05, 3.63) is 92.4 Å². The highest BCUT2D eigenvalue weighted by atomic mass is 79.9. The molecule has 3 aromatic rings. The van der Waals surface area contributed by atoms with Gasteiger partial charge in [0.15, 0.2) is 0 Å². The zero-order valence-corrected chi connectivity index (χ0v) is 22.3. The first kappa shape index (κ1) is 24.2. The molecule has 1 amide bonds. The van der Waals surface area contributed by atoms with Crippen LogP contribution >= 0.6 is 27.5 Å². The molecule has 6 nitrogen and oxygen atoms in total. The van der Waals surface area contributed by atoms with Gasteiger partial charge in [-0.05, 0) is 83.1 Å². The minimum Gasteiger partial charge on any atom is -0.339 e. The minimum atomic E-state index is -0.678. The van der Waals surface area contributed by atoms with Crippen LogP contribution in [0.4, 0.5) is 0 Å². The standard InChI is InChI=1S/C27H29BrClN4O2/c1-27(2,20-7-9-33(35)10-8-20)26(34)32-13-11-31(12-14-32)25-23-6-5-22(29)16-18(23)3-4-19-15-21(28)17-30-24(19)25/h5-10,15-17,25,35H,3-4,11-14H2,1-2H3/q+1. The number of piperazine rings is 1. The summed E-state index contributed by atoms with van der Waals surface area (Å²) in [6.07, 6.45) is 6.84. The van der Waals surface area contributed by atoms with Gasteiger partial charge in [0.25, 0.3) is 0 Å². The summed E-state index contributed by atoms with van der Waals surface area (Å²) in [6.45, 7) is 6.72. The molecule has 8 heteroatoms. The van der Waals surface area contributed by atoms with Gasteiger partial charge in [0.2, 0.25) is 18.3 Å². The topological polar surface area (TPSA) is 60.6 Å². The number of amides is 1. The number of carbonyl (C=O) groups excluding carboxylic acids is 1. The molecule has 3 heterocycles. The molecule has 0 saturated carbocycles. The van der Waals surface area contributed by atoms with E-state index in [2.05, 4.69) is 39.0 Å². The molecule has 5 rings (SSSR count). The molecule has 0 radical (unpaired) electrons. The summed E-state index contributed by atoms with van der Waals surface area (Å²) in [4.78, 5) is 22.8. The van der Waals surface area contributed by atoms with Gasteiger partial charge in [-0.15, -0.1) is 0 Å². The van der Waals surface area contributed by atoms with Crippen molar-refractivity contribution in [3.63, 3.8) is 0 Å². The highest BCUT2D eigenvalue weighted by Crippen LogP contribution is 2.38. The smallest absolute Gasteiger partial charge is 0.232 e. The first-order valence-corrected chi connectivity index (χ1v) is 13.1. The predicted molar refractivity (Wildman–Crippen MR) is 138 cm³/mol. The van der Waals surface area contributed by atoms with Gasteiger partial charge in [-0.1, -0.05) is 17.7 Å². The van der Waals surface area contributed by atoms with Crippen LogP contribution in [-0.2, 0) is 23.1 Å². The third-order valence-corrected chi connectivity index (χ3v) is 8.00. The van der Waals surface area contributed by atoms with Gasteiger partial charge in [-0.3, -0.25) is 19.9 Å². The van der Waals surface area contributed by atoms with Gasteiger partial charge in [-0.2, -0.15) is 0 Å². The number of halogens is 2. The summed E-state index contributed by atoms with van der Waals surface area (Å²) in [5.74, 6) is 0.100. The van der Waals surface area contributed by atoms with Crippen LogP contribution in [-0.4, -0.2) is 52.1 Å². The highest BCUT2D eigenvalue weighted by molar-refractivity contribution is 9.10. The van der Waals surface area contributed by atoms with Crippen molar-refractivity contribution < 1.29 is 14.7 Å². The molecule has 182 valence electrons. The van der Waals surface area contributed by atoms with Crippen LogP contribution < -0.4 is 4.73 Å². The quantitative estimate of drug-likeness (QED) is 0.385. The summed E-state index contributed by atoms with van der Waals surface area (Å²) in [7, 11) is 0. The first-order valence-electron chi connectivity index (χ1n) is 11.9. The number of hydrogen-bond acceptors (Lipinski definition) is 4. The maximum absolute atomic E-state index is 13.5. The molecule has 1 unspecified atom stereocenters. The highest BCUT2D eigenvalue weighted by Gasteiger charge is 2.38. The molecule has 1 atom stereocenters. The summed E-state index contributed by atoms with van der Waals surface area (Å²) in [5, 5.41) is 10.3. The number of pyridine rings is 2. The van der Waals surface area contributed by atoms with Gasteiger partial charge >= 0.3 is 0 Å². The van der Waals surface area contributed by atoms with Gasteiger partial charge in [-0.25, -0.2) is 0 Å². The third kappa shape index (κ3) is 4.69. The normalized spacial score (nSPS) is 18.5. The van der Waals surface area contributed by atoms with E-state index in [1.807, 2.05) is 31.0 Å². The van der Waals surface area contributed by atoms with E-state index in [4.69, 9.17) is 16.6 Å². The van der Waals surface area contributed by atoms with Crippen LogP contribution in [0.15, 0.2) is 59.5 Å². The number of carbonyl (C=O) groups is 1. The molecule has 1 fully saturated rings. The Morgan fingerprint density at radius 3 is 2.49 bits per heavy atom. The van der Waals surface area contributed by atoms with Crippen molar-refractivity contribution in [2.45, 2.75) is 38.1 Å². The van der Waals surface area contributed by atoms with Gasteiger partial charge in [0.05, 0.1) is 17.2 Å². The number of fused-ring (bicyclic) bond motifs is 2. The zero-order valence-electron chi connectivity index (χ0n) is 19.9. The van der Waals surface area contributed by atoms with Crippen LogP contribution in [0, 0.1) is 0 Å². The monoisotopic (exact) mass is 555 g/mol. The Hall–Kier alpha value is -2.48. The first-order chi connectivity index (χ1) is 16.7. The lowest BCUT2D eigenvalue weighted by Gasteiger charge is -2.42. The Balaban J connectivity index is 1.40. The van der Waals surface area contributed by atoms with E-state index in [1.165, 1.54) is 16.7 Å². The van der Waals surface area contributed by atoms with Crippen LogP contribution in [0.3, 0.4) is 0 Å². The summed E-state index contributed by atoms with van der Waals surface area (Å²) in [5.41, 5.74) is 5.07. The van der Waals surface area contributed by atoms with E-state index in [1.54, 1.807) is 24.5 Å². The van der Waals surface area contributed by atoms with E-state index in [0.717, 1.165) is 51.4 Å². The second-order valence-corrected chi connectivity index (χ2v) is 11.2. The number of rotatable bonds is 3. The lowest BCUT2D eigenvalue weighted by atomic mass is 9.83. The molecule has 35 heavy (non-hydrogen) atoms. The summed E-state index contributed by atoms with van der Waals surface area (Å²) in [6, 6.07) is 12.0. The summed E-state index contributed by atoms with van der Waals surface area (Å²) < 4.78 is 1.98. The van der Waals surface area contributed by atoms with Crippen molar-refractivity contribution in [1.29, 1.82) is 0 Å². The van der Waals surface area contributed by atoms with E-state index < -0.39 is 5.41 Å². The SMILES string of the molecule is CC(C)(C(=O)N1CCN(C2c3ccc(Cl)cc3CCc3cc(Br)cnc32)CC1)c1cc[n+](O)cc1. The third-order valence-electron chi connectivity index (χ3n) is 7.33. The maximum Gasteiger partial charge on any atom is 0.232 e. The molecule has 0 bridgehead atoms. The summed E-state index contributed by atoms with van der Waals surface area (Å²) >= 11 is 9.95. The predicted octanol–water partition coefficient (Wildman–Crippen LogP) is 4.33. The van der Waals surface area contributed by atoms with Gasteiger partial charge in [0, 0.05) is 58.7 Å². The zero-order chi connectivity index (χ0) is 24.7. The fourth-order valence-electron chi connectivity index (χ4n) is 5.32. The Morgan fingerprint density at radius 1 is 1.09 bits per heavy atom. The van der Waals surface area contributed by atoms with Crippen LogP contribution in [0.2, 0.25) is 5.02 Å². The Morgan fingerprint density at radius 2 is 1.77 bits per heavy atom. The van der Waals surface area contributed by atoms with Gasteiger partial charge in [0.1, 0.15) is 0 Å². The molecule has 1 aliphatic heterocycles. The number of aromatic nitrogens is 2. The number of nitrogens with zero attached hydrogens (tertiary/aromatic N) is 4. The maximum atomic E-state index is 13.5. The Labute approximate surface area is 219 Å². The molecule has 1 N–H and O–H groups in total. The largest absolute Gasteiger partial charge is 0.339 e. The molecule has 2 aromatic heterocycles. The molecular formula is C27H29BrClN4O2+. The fourth-order valence-corrected chi connectivity index (χ4v) is 5.89. The van der Waals surface area contributed by atoms with Crippen LogP contribution in [0.1, 0.15) is 47.8 Å². The molecule has 1 aromatic carbocycles. The lowest BCUT2D eigenvalue weighted by Crippen LogP contribution is -2.54. The Kier molecular flexibility index (Phi) is 6.59. The van der Waals surface area contributed by atoms with Crippen molar-refractivity contribution >= 4 is 33.4 Å².